The highest BCUT2D eigenvalue weighted by Crippen LogP contribution is 2.10. The van der Waals surface area contributed by atoms with E-state index in [-0.39, 0.29) is 24.2 Å². The van der Waals surface area contributed by atoms with Gasteiger partial charge in [-0.2, -0.15) is 0 Å². The molecule has 0 aliphatic rings. The van der Waals surface area contributed by atoms with Crippen molar-refractivity contribution in [2.45, 2.75) is 13.5 Å². The number of nitrogens with one attached hydrogen (secondary N) is 2. The Morgan fingerprint density at radius 3 is 2.59 bits per heavy atom. The van der Waals surface area contributed by atoms with E-state index in [9.17, 15) is 9.18 Å². The molecule has 0 atom stereocenters. The first-order chi connectivity index (χ1) is 13.1. The summed E-state index contributed by atoms with van der Waals surface area (Å²) in [4.78, 5) is 21.1. The van der Waals surface area contributed by atoms with Crippen LogP contribution < -0.4 is 10.6 Å². The fourth-order valence-electron chi connectivity index (χ4n) is 2.35. The molecule has 0 saturated carbocycles. The van der Waals surface area contributed by atoms with Gasteiger partial charge in [-0.3, -0.25) is 15.1 Å². The minimum atomic E-state index is -0.381. The summed E-state index contributed by atoms with van der Waals surface area (Å²) in [6.45, 7) is 2.22. The third-order valence-corrected chi connectivity index (χ3v) is 3.76. The van der Waals surface area contributed by atoms with Gasteiger partial charge in [0.2, 0.25) is 5.96 Å². The highest BCUT2D eigenvalue weighted by Gasteiger charge is 2.10. The Kier molecular flexibility index (Phi) is 5.89. The van der Waals surface area contributed by atoms with Gasteiger partial charge in [-0.15, -0.1) is 0 Å². The molecule has 1 amide bonds. The van der Waals surface area contributed by atoms with Crippen molar-refractivity contribution in [3.05, 3.63) is 95.6 Å². The monoisotopic (exact) mass is 362 g/mol. The van der Waals surface area contributed by atoms with E-state index in [2.05, 4.69) is 20.6 Å². The third-order valence-electron chi connectivity index (χ3n) is 3.76. The van der Waals surface area contributed by atoms with Crippen LogP contribution in [0.3, 0.4) is 0 Å². The number of anilines is 1. The second kappa shape index (κ2) is 8.71. The number of benzene rings is 2. The maximum atomic E-state index is 13.5. The predicted octanol–water partition coefficient (Wildman–Crippen LogP) is 3.93. The van der Waals surface area contributed by atoms with Crippen LogP contribution in [0.1, 0.15) is 21.6 Å². The molecule has 136 valence electrons. The SMILES string of the molecule is Cc1ccc(C(=O)NC(=NCc2ccccn2)Nc2cccc(F)c2)cc1. The number of carbonyl (C=O) groups is 1. The second-order valence-electron chi connectivity index (χ2n) is 5.94. The number of aryl methyl sites for hydroxylation is 1. The Morgan fingerprint density at radius 1 is 1.07 bits per heavy atom. The number of amides is 1. The molecule has 2 N–H and O–H groups in total. The first-order valence-corrected chi connectivity index (χ1v) is 8.45. The summed E-state index contributed by atoms with van der Waals surface area (Å²) < 4.78 is 13.5. The van der Waals surface area contributed by atoms with E-state index in [1.807, 2.05) is 37.3 Å². The average Bonchev–Trinajstić information content (AvgIpc) is 2.67. The van der Waals surface area contributed by atoms with Gasteiger partial charge >= 0.3 is 0 Å². The van der Waals surface area contributed by atoms with Gasteiger partial charge in [-0.25, -0.2) is 9.38 Å². The van der Waals surface area contributed by atoms with Crippen LogP contribution in [-0.2, 0) is 6.54 Å². The normalized spacial score (nSPS) is 11.1. The number of pyridine rings is 1. The van der Waals surface area contributed by atoms with Crippen molar-refractivity contribution in [3.8, 4) is 0 Å². The number of rotatable bonds is 4. The molecule has 1 heterocycles. The Hall–Kier alpha value is -3.54. The minimum Gasteiger partial charge on any atom is -0.326 e. The van der Waals surface area contributed by atoms with Crippen LogP contribution in [0.25, 0.3) is 0 Å². The van der Waals surface area contributed by atoms with E-state index >= 15 is 0 Å². The first-order valence-electron chi connectivity index (χ1n) is 8.45. The Balaban J connectivity index is 1.79. The van der Waals surface area contributed by atoms with Crippen LogP contribution >= 0.6 is 0 Å². The van der Waals surface area contributed by atoms with Gasteiger partial charge in [0.1, 0.15) is 5.82 Å². The van der Waals surface area contributed by atoms with Gasteiger partial charge in [0.25, 0.3) is 5.91 Å². The number of nitrogens with zero attached hydrogens (tertiary/aromatic N) is 2. The van der Waals surface area contributed by atoms with Crippen molar-refractivity contribution in [3.63, 3.8) is 0 Å². The number of hydrogen-bond donors (Lipinski definition) is 2. The van der Waals surface area contributed by atoms with E-state index in [1.165, 1.54) is 12.1 Å². The molecule has 0 bridgehead atoms. The quantitative estimate of drug-likeness (QED) is 0.546. The van der Waals surface area contributed by atoms with Crippen molar-refractivity contribution >= 4 is 17.6 Å². The molecular formula is C21H19FN4O. The molecule has 3 rings (SSSR count). The standard InChI is InChI=1S/C21H19FN4O/c1-15-8-10-16(11-9-15)20(27)26-21(24-14-19-6-2-3-12-23-19)25-18-7-4-5-17(22)13-18/h2-13H,14H2,1H3,(H2,24,25,26,27). The van der Waals surface area contributed by atoms with Crippen molar-refractivity contribution in [2.75, 3.05) is 5.32 Å². The van der Waals surface area contributed by atoms with Gasteiger partial charge in [0.15, 0.2) is 0 Å². The van der Waals surface area contributed by atoms with Crippen LogP contribution in [0.4, 0.5) is 10.1 Å². The van der Waals surface area contributed by atoms with Crippen LogP contribution in [0.15, 0.2) is 77.9 Å². The van der Waals surface area contributed by atoms with Gasteiger partial charge in [-0.05, 0) is 49.4 Å². The lowest BCUT2D eigenvalue weighted by molar-refractivity contribution is 0.0977. The van der Waals surface area contributed by atoms with Crippen molar-refractivity contribution < 1.29 is 9.18 Å². The summed E-state index contributed by atoms with van der Waals surface area (Å²) in [5.74, 6) is -0.468. The molecule has 0 aliphatic carbocycles. The third kappa shape index (κ3) is 5.47. The van der Waals surface area contributed by atoms with Gasteiger partial charge in [0, 0.05) is 17.4 Å². The number of carbonyl (C=O) groups excluding carboxylic acids is 1. The molecule has 0 spiro atoms. The maximum absolute atomic E-state index is 13.5. The predicted molar refractivity (Wildman–Crippen MR) is 104 cm³/mol. The summed E-state index contributed by atoms with van der Waals surface area (Å²) in [5, 5.41) is 5.69. The van der Waals surface area contributed by atoms with E-state index in [1.54, 1.807) is 30.5 Å². The molecule has 2 aromatic carbocycles. The lowest BCUT2D eigenvalue weighted by Crippen LogP contribution is -2.36. The van der Waals surface area contributed by atoms with Gasteiger partial charge in [-0.1, -0.05) is 29.8 Å². The molecule has 1 aromatic heterocycles. The molecule has 3 aromatic rings. The summed E-state index contributed by atoms with van der Waals surface area (Å²) in [7, 11) is 0. The van der Waals surface area contributed by atoms with E-state index in [0.717, 1.165) is 11.3 Å². The average molecular weight is 362 g/mol. The topological polar surface area (TPSA) is 66.4 Å². The summed E-state index contributed by atoms with van der Waals surface area (Å²) in [6, 6.07) is 18.7. The van der Waals surface area contributed by atoms with Crippen LogP contribution in [0.5, 0.6) is 0 Å². The lowest BCUT2D eigenvalue weighted by atomic mass is 10.1. The molecule has 0 aliphatic heterocycles. The first kappa shape index (κ1) is 18.3. The number of aromatic nitrogens is 1. The Labute approximate surface area is 157 Å². The largest absolute Gasteiger partial charge is 0.326 e. The summed E-state index contributed by atoms with van der Waals surface area (Å²) in [6.07, 6.45) is 1.68. The highest BCUT2D eigenvalue weighted by atomic mass is 19.1. The smallest absolute Gasteiger partial charge is 0.257 e. The molecule has 0 radical (unpaired) electrons. The van der Waals surface area contributed by atoms with E-state index in [4.69, 9.17) is 0 Å². The number of hydrogen-bond acceptors (Lipinski definition) is 3. The molecule has 0 fully saturated rings. The fraction of sp³-hybridized carbons (Fsp3) is 0.0952. The molecule has 27 heavy (non-hydrogen) atoms. The zero-order valence-electron chi connectivity index (χ0n) is 14.8. The van der Waals surface area contributed by atoms with Crippen LogP contribution in [0.2, 0.25) is 0 Å². The molecule has 6 heteroatoms. The molecular weight excluding hydrogens is 343 g/mol. The fourth-order valence-corrected chi connectivity index (χ4v) is 2.35. The van der Waals surface area contributed by atoms with E-state index < -0.39 is 0 Å². The highest BCUT2D eigenvalue weighted by molar-refractivity contribution is 6.09. The summed E-state index contributed by atoms with van der Waals surface area (Å²) >= 11 is 0. The lowest BCUT2D eigenvalue weighted by Gasteiger charge is -2.12. The Bertz CT molecular complexity index is 940. The van der Waals surface area contributed by atoms with Gasteiger partial charge < -0.3 is 5.32 Å². The second-order valence-corrected chi connectivity index (χ2v) is 5.94. The number of aliphatic imine (C=N–C) groups is 1. The zero-order chi connectivity index (χ0) is 19.1. The molecule has 5 nitrogen and oxygen atoms in total. The number of guanidine groups is 1. The van der Waals surface area contributed by atoms with Crippen LogP contribution in [-0.4, -0.2) is 16.9 Å². The van der Waals surface area contributed by atoms with Crippen LogP contribution in [0, 0.1) is 12.7 Å². The molecule has 0 unspecified atom stereocenters. The maximum Gasteiger partial charge on any atom is 0.257 e. The minimum absolute atomic E-state index is 0.219. The Morgan fingerprint density at radius 2 is 1.89 bits per heavy atom. The van der Waals surface area contributed by atoms with Crippen molar-refractivity contribution in [1.29, 1.82) is 0 Å². The van der Waals surface area contributed by atoms with Crippen molar-refractivity contribution in [1.82, 2.24) is 10.3 Å². The zero-order valence-corrected chi connectivity index (χ0v) is 14.8. The summed E-state index contributed by atoms with van der Waals surface area (Å²) in [5.41, 5.74) is 2.81. The van der Waals surface area contributed by atoms with Crippen molar-refractivity contribution in [2.24, 2.45) is 4.99 Å². The van der Waals surface area contributed by atoms with E-state index in [0.29, 0.717) is 11.3 Å². The molecule has 0 saturated heterocycles. The van der Waals surface area contributed by atoms with Gasteiger partial charge in [0.05, 0.1) is 12.2 Å². The number of halogens is 1.